The Balaban J connectivity index is 1.56. The van der Waals surface area contributed by atoms with E-state index in [0.29, 0.717) is 25.2 Å². The van der Waals surface area contributed by atoms with E-state index in [0.717, 1.165) is 24.7 Å². The molecule has 0 N–H and O–H groups in total. The number of piperazine rings is 1. The van der Waals surface area contributed by atoms with Gasteiger partial charge in [0, 0.05) is 38.4 Å². The number of aromatic nitrogens is 2. The Morgan fingerprint density at radius 3 is 2.64 bits per heavy atom. The van der Waals surface area contributed by atoms with Crippen molar-refractivity contribution < 1.29 is 9.32 Å². The van der Waals surface area contributed by atoms with Crippen molar-refractivity contribution in [3.63, 3.8) is 0 Å². The van der Waals surface area contributed by atoms with E-state index in [9.17, 15) is 4.79 Å². The van der Waals surface area contributed by atoms with Gasteiger partial charge in [-0.2, -0.15) is 0 Å². The molecule has 1 aliphatic rings. The van der Waals surface area contributed by atoms with Gasteiger partial charge in [-0.1, -0.05) is 5.16 Å². The molecule has 3 rings (SSSR count). The number of hydrogen-bond acceptors (Lipinski definition) is 5. The molecule has 1 fully saturated rings. The lowest BCUT2D eigenvalue weighted by atomic mass is 10.2. The van der Waals surface area contributed by atoms with Gasteiger partial charge in [-0.05, 0) is 31.5 Å². The molecule has 1 aliphatic heterocycles. The van der Waals surface area contributed by atoms with Crippen molar-refractivity contribution in [1.29, 1.82) is 0 Å². The minimum Gasteiger partial charge on any atom is -0.361 e. The molecule has 2 aromatic rings. The lowest BCUT2D eigenvalue weighted by Gasteiger charge is -2.35. The number of amides is 1. The molecule has 0 radical (unpaired) electrons. The van der Waals surface area contributed by atoms with Crippen molar-refractivity contribution in [2.24, 2.45) is 0 Å². The largest absolute Gasteiger partial charge is 0.361 e. The average Bonchev–Trinajstić information content (AvgIpc) is 2.92. The van der Waals surface area contributed by atoms with E-state index in [2.05, 4.69) is 28.0 Å². The van der Waals surface area contributed by atoms with Crippen LogP contribution in [0.25, 0.3) is 0 Å². The fraction of sp³-hybridized carbons (Fsp3) is 0.438. The molecule has 6 nitrogen and oxygen atoms in total. The van der Waals surface area contributed by atoms with Gasteiger partial charge in [-0.3, -0.25) is 4.79 Å². The monoisotopic (exact) mass is 300 g/mol. The third-order valence-corrected chi connectivity index (χ3v) is 3.87. The minimum absolute atomic E-state index is 0.102. The molecule has 116 valence electrons. The highest BCUT2D eigenvalue weighted by Crippen LogP contribution is 2.15. The standard InChI is InChI=1S/C16H20N4O2/c1-12-3-4-17-15(9-12)19-5-7-20(8-6-19)16(21)11-14-10-13(2)22-18-14/h3-4,9-10H,5-8,11H2,1-2H3. The van der Waals surface area contributed by atoms with Crippen LogP contribution in [0.15, 0.2) is 28.9 Å². The van der Waals surface area contributed by atoms with Crippen LogP contribution in [-0.4, -0.2) is 47.1 Å². The number of rotatable bonds is 3. The van der Waals surface area contributed by atoms with Crippen molar-refractivity contribution in [2.45, 2.75) is 20.3 Å². The van der Waals surface area contributed by atoms with E-state index in [1.165, 1.54) is 5.56 Å². The highest BCUT2D eigenvalue weighted by atomic mass is 16.5. The highest BCUT2D eigenvalue weighted by molar-refractivity contribution is 5.78. The van der Waals surface area contributed by atoms with Crippen LogP contribution in [0.1, 0.15) is 17.0 Å². The first kappa shape index (κ1) is 14.6. The first-order chi connectivity index (χ1) is 10.6. The van der Waals surface area contributed by atoms with Gasteiger partial charge in [-0.15, -0.1) is 0 Å². The van der Waals surface area contributed by atoms with E-state index in [4.69, 9.17) is 4.52 Å². The maximum atomic E-state index is 12.3. The molecule has 0 atom stereocenters. The van der Waals surface area contributed by atoms with Crippen LogP contribution in [0, 0.1) is 13.8 Å². The molecular formula is C16H20N4O2. The lowest BCUT2D eigenvalue weighted by molar-refractivity contribution is -0.130. The van der Waals surface area contributed by atoms with Gasteiger partial charge in [-0.25, -0.2) is 4.98 Å². The number of pyridine rings is 1. The summed E-state index contributed by atoms with van der Waals surface area (Å²) in [5.41, 5.74) is 1.90. The fourth-order valence-corrected chi connectivity index (χ4v) is 2.65. The van der Waals surface area contributed by atoms with E-state index < -0.39 is 0 Å². The molecule has 0 aliphatic carbocycles. The number of carbonyl (C=O) groups is 1. The number of hydrogen-bond donors (Lipinski definition) is 0. The molecule has 1 saturated heterocycles. The Morgan fingerprint density at radius 2 is 2.00 bits per heavy atom. The van der Waals surface area contributed by atoms with Crippen molar-refractivity contribution >= 4 is 11.7 Å². The third-order valence-electron chi connectivity index (χ3n) is 3.87. The second-order valence-corrected chi connectivity index (χ2v) is 5.66. The van der Waals surface area contributed by atoms with E-state index >= 15 is 0 Å². The predicted octanol–water partition coefficient (Wildman–Crippen LogP) is 1.58. The normalized spacial score (nSPS) is 15.2. The van der Waals surface area contributed by atoms with Gasteiger partial charge in [0.25, 0.3) is 0 Å². The molecule has 1 amide bonds. The average molecular weight is 300 g/mol. The quantitative estimate of drug-likeness (QED) is 0.861. The molecule has 0 saturated carbocycles. The third kappa shape index (κ3) is 3.27. The van der Waals surface area contributed by atoms with E-state index in [1.54, 1.807) is 0 Å². The summed E-state index contributed by atoms with van der Waals surface area (Å²) in [6.07, 6.45) is 2.13. The molecule has 0 unspecified atom stereocenters. The van der Waals surface area contributed by atoms with Gasteiger partial charge in [0.2, 0.25) is 5.91 Å². The Bertz CT molecular complexity index is 660. The summed E-state index contributed by atoms with van der Waals surface area (Å²) in [6, 6.07) is 5.88. The Labute approximate surface area is 129 Å². The van der Waals surface area contributed by atoms with Crippen molar-refractivity contribution in [1.82, 2.24) is 15.0 Å². The second-order valence-electron chi connectivity index (χ2n) is 5.66. The molecule has 6 heteroatoms. The van der Waals surface area contributed by atoms with Crippen LogP contribution in [0.3, 0.4) is 0 Å². The van der Waals surface area contributed by atoms with Gasteiger partial charge in [0.05, 0.1) is 12.1 Å². The van der Waals surface area contributed by atoms with Crippen LogP contribution in [0.4, 0.5) is 5.82 Å². The Hall–Kier alpha value is -2.37. The first-order valence-corrected chi connectivity index (χ1v) is 7.49. The molecule has 22 heavy (non-hydrogen) atoms. The van der Waals surface area contributed by atoms with Crippen LogP contribution < -0.4 is 4.90 Å². The van der Waals surface area contributed by atoms with Crippen LogP contribution in [0.5, 0.6) is 0 Å². The fourth-order valence-electron chi connectivity index (χ4n) is 2.65. The zero-order valence-electron chi connectivity index (χ0n) is 13.0. The SMILES string of the molecule is Cc1ccnc(N2CCN(C(=O)Cc3cc(C)on3)CC2)c1. The number of anilines is 1. The smallest absolute Gasteiger partial charge is 0.228 e. The van der Waals surface area contributed by atoms with Gasteiger partial charge in [0.1, 0.15) is 11.6 Å². The number of carbonyl (C=O) groups excluding carboxylic acids is 1. The zero-order chi connectivity index (χ0) is 15.5. The summed E-state index contributed by atoms with van der Waals surface area (Å²) in [6.45, 7) is 6.93. The molecule has 0 spiro atoms. The van der Waals surface area contributed by atoms with E-state index in [1.807, 2.05) is 30.2 Å². The number of nitrogens with zero attached hydrogens (tertiary/aromatic N) is 4. The molecule has 0 aromatic carbocycles. The Morgan fingerprint density at radius 1 is 1.23 bits per heavy atom. The van der Waals surface area contributed by atoms with Gasteiger partial charge in [0.15, 0.2) is 0 Å². The van der Waals surface area contributed by atoms with Crippen LogP contribution in [0.2, 0.25) is 0 Å². The highest BCUT2D eigenvalue weighted by Gasteiger charge is 2.22. The summed E-state index contributed by atoms with van der Waals surface area (Å²) >= 11 is 0. The number of aryl methyl sites for hydroxylation is 2. The summed E-state index contributed by atoms with van der Waals surface area (Å²) in [7, 11) is 0. The van der Waals surface area contributed by atoms with Gasteiger partial charge >= 0.3 is 0 Å². The minimum atomic E-state index is 0.102. The second kappa shape index (κ2) is 6.17. The molecule has 0 bridgehead atoms. The van der Waals surface area contributed by atoms with Gasteiger partial charge < -0.3 is 14.3 Å². The Kier molecular flexibility index (Phi) is 4.09. The zero-order valence-corrected chi connectivity index (χ0v) is 13.0. The molecule has 2 aromatic heterocycles. The van der Waals surface area contributed by atoms with Crippen LogP contribution in [-0.2, 0) is 11.2 Å². The predicted molar refractivity (Wildman–Crippen MR) is 82.7 cm³/mol. The summed E-state index contributed by atoms with van der Waals surface area (Å²) in [4.78, 5) is 20.8. The summed E-state index contributed by atoms with van der Waals surface area (Å²) in [5, 5.41) is 3.88. The first-order valence-electron chi connectivity index (χ1n) is 7.49. The van der Waals surface area contributed by atoms with Crippen molar-refractivity contribution in [3.8, 4) is 0 Å². The van der Waals surface area contributed by atoms with Crippen molar-refractivity contribution in [2.75, 3.05) is 31.1 Å². The van der Waals surface area contributed by atoms with Crippen LogP contribution >= 0.6 is 0 Å². The lowest BCUT2D eigenvalue weighted by Crippen LogP contribution is -2.49. The summed E-state index contributed by atoms with van der Waals surface area (Å²) < 4.78 is 5.00. The topological polar surface area (TPSA) is 62.5 Å². The molecule has 3 heterocycles. The summed E-state index contributed by atoms with van der Waals surface area (Å²) in [5.74, 6) is 1.82. The molecular weight excluding hydrogens is 280 g/mol. The van der Waals surface area contributed by atoms with Crippen molar-refractivity contribution in [3.05, 3.63) is 41.4 Å². The van der Waals surface area contributed by atoms with E-state index in [-0.39, 0.29) is 5.91 Å². The maximum absolute atomic E-state index is 12.3. The maximum Gasteiger partial charge on any atom is 0.228 e.